The van der Waals surface area contributed by atoms with Gasteiger partial charge >= 0.3 is 0 Å². The van der Waals surface area contributed by atoms with Crippen LogP contribution in [0.4, 0.5) is 0 Å². The number of aromatic nitrogens is 5. The van der Waals surface area contributed by atoms with Crippen molar-refractivity contribution in [2.75, 3.05) is 0 Å². The van der Waals surface area contributed by atoms with E-state index in [4.69, 9.17) is 0 Å². The minimum absolute atomic E-state index is 0.177. The first-order chi connectivity index (χ1) is 11.6. The van der Waals surface area contributed by atoms with Crippen LogP contribution in [0.1, 0.15) is 11.1 Å². The van der Waals surface area contributed by atoms with Crippen molar-refractivity contribution in [2.24, 2.45) is 7.05 Å². The van der Waals surface area contributed by atoms with Crippen LogP contribution < -0.4 is 16.1 Å². The van der Waals surface area contributed by atoms with Crippen LogP contribution in [-0.4, -0.2) is 24.4 Å². The van der Waals surface area contributed by atoms with E-state index in [0.29, 0.717) is 15.9 Å². The number of rotatable bonds is 1. The SMILES string of the molecule is C=c1nns/c1=c1\[nH][nH]c(=O)\c1=C/c1cn(C)c2cccc(C)c12. The molecule has 0 fully saturated rings. The van der Waals surface area contributed by atoms with E-state index in [1.807, 2.05) is 25.4 Å². The highest BCUT2D eigenvalue weighted by Crippen LogP contribution is 2.24. The van der Waals surface area contributed by atoms with Gasteiger partial charge in [-0.25, -0.2) is 0 Å². The van der Waals surface area contributed by atoms with Gasteiger partial charge in [-0.2, -0.15) is 0 Å². The molecule has 4 aromatic rings. The number of H-pyrrole nitrogens is 2. The van der Waals surface area contributed by atoms with Crippen molar-refractivity contribution in [1.82, 2.24) is 24.4 Å². The quantitative estimate of drug-likeness (QED) is 0.541. The van der Waals surface area contributed by atoms with Crippen LogP contribution in [0.5, 0.6) is 0 Å². The molecule has 3 heterocycles. The van der Waals surface area contributed by atoms with Crippen molar-refractivity contribution < 1.29 is 0 Å². The Labute approximate surface area is 140 Å². The van der Waals surface area contributed by atoms with Crippen LogP contribution in [0.2, 0.25) is 0 Å². The van der Waals surface area contributed by atoms with Crippen molar-refractivity contribution in [3.05, 3.63) is 66.3 Å². The normalized spacial score (nSPS) is 13.8. The fourth-order valence-electron chi connectivity index (χ4n) is 3.01. The molecule has 0 aliphatic carbocycles. The Kier molecular flexibility index (Phi) is 3.24. The molecule has 7 heteroatoms. The molecule has 24 heavy (non-hydrogen) atoms. The van der Waals surface area contributed by atoms with Crippen molar-refractivity contribution in [1.29, 1.82) is 0 Å². The molecule has 0 unspecified atom stereocenters. The zero-order chi connectivity index (χ0) is 16.8. The Hall–Kier alpha value is -2.93. The standard InChI is InChI=1S/C17H15N5OS/c1-9-5-4-6-13-14(9)11(8-22(13)3)7-12-15(19-20-17(12)23)16-10(2)18-21-24-16/h4-8,19H,2H2,1,3H3,(H,20,23)/b12-7-,16-15-. The van der Waals surface area contributed by atoms with Gasteiger partial charge in [0.2, 0.25) is 0 Å². The van der Waals surface area contributed by atoms with Crippen LogP contribution in [-0.2, 0) is 7.05 Å². The molecule has 0 aliphatic rings. The third-order valence-electron chi connectivity index (χ3n) is 4.15. The Balaban J connectivity index is 2.19. The number of nitrogens with zero attached hydrogens (tertiary/aromatic N) is 3. The first-order valence-corrected chi connectivity index (χ1v) is 8.18. The molecule has 0 aliphatic heterocycles. The molecule has 0 amide bonds. The molecular formula is C17H15N5OS. The van der Waals surface area contributed by atoms with Crippen LogP contribution in [0.3, 0.4) is 0 Å². The molecule has 1 aromatic carbocycles. The lowest BCUT2D eigenvalue weighted by atomic mass is 10.1. The summed E-state index contributed by atoms with van der Waals surface area (Å²) in [4.78, 5) is 12.3. The fourth-order valence-corrected chi connectivity index (χ4v) is 3.63. The highest BCUT2D eigenvalue weighted by atomic mass is 32.1. The molecule has 0 saturated heterocycles. The molecular weight excluding hydrogens is 322 g/mol. The van der Waals surface area contributed by atoms with Crippen molar-refractivity contribution in [3.63, 3.8) is 0 Å². The molecule has 6 nitrogen and oxygen atoms in total. The Bertz CT molecular complexity index is 1320. The fraction of sp³-hybridized carbons (Fsp3) is 0.118. The summed E-state index contributed by atoms with van der Waals surface area (Å²) in [5, 5.41) is 12.4. The number of benzene rings is 1. The summed E-state index contributed by atoms with van der Waals surface area (Å²) < 4.78 is 6.72. The Morgan fingerprint density at radius 1 is 1.33 bits per heavy atom. The summed E-state index contributed by atoms with van der Waals surface area (Å²) in [6.45, 7) is 5.94. The predicted molar refractivity (Wildman–Crippen MR) is 95.0 cm³/mol. The minimum atomic E-state index is -0.177. The lowest BCUT2D eigenvalue weighted by molar-refractivity contribution is 0.967. The van der Waals surface area contributed by atoms with E-state index in [2.05, 4.69) is 50.0 Å². The second-order valence-electron chi connectivity index (χ2n) is 5.73. The molecule has 4 rings (SSSR count). The summed E-state index contributed by atoms with van der Waals surface area (Å²) in [7, 11) is 2.00. The maximum Gasteiger partial charge on any atom is 0.271 e. The van der Waals surface area contributed by atoms with E-state index in [-0.39, 0.29) is 5.56 Å². The number of hydrogen-bond acceptors (Lipinski definition) is 4. The minimum Gasteiger partial charge on any atom is -0.350 e. The zero-order valence-electron chi connectivity index (χ0n) is 13.3. The van der Waals surface area contributed by atoms with Gasteiger partial charge in [0.05, 0.1) is 10.6 Å². The maximum atomic E-state index is 12.3. The summed E-state index contributed by atoms with van der Waals surface area (Å²) >= 11 is 1.21. The third-order valence-corrected chi connectivity index (χ3v) is 4.94. The topological polar surface area (TPSA) is 79.4 Å². The summed E-state index contributed by atoms with van der Waals surface area (Å²) in [6, 6.07) is 6.18. The van der Waals surface area contributed by atoms with Crippen LogP contribution >= 0.6 is 11.5 Å². The molecule has 0 atom stereocenters. The summed E-state index contributed by atoms with van der Waals surface area (Å²) in [5.74, 6) is 0. The second-order valence-corrected chi connectivity index (χ2v) is 6.48. The first-order valence-electron chi connectivity index (χ1n) is 7.41. The van der Waals surface area contributed by atoms with Gasteiger partial charge in [-0.05, 0) is 36.2 Å². The van der Waals surface area contributed by atoms with Gasteiger partial charge in [0.15, 0.2) is 0 Å². The smallest absolute Gasteiger partial charge is 0.271 e. The molecule has 0 spiro atoms. The number of aryl methyl sites for hydroxylation is 2. The van der Waals surface area contributed by atoms with E-state index >= 15 is 0 Å². The highest BCUT2D eigenvalue weighted by Gasteiger charge is 2.08. The maximum absolute atomic E-state index is 12.3. The third kappa shape index (κ3) is 2.13. The second kappa shape index (κ2) is 5.31. The van der Waals surface area contributed by atoms with E-state index < -0.39 is 0 Å². The van der Waals surface area contributed by atoms with Gasteiger partial charge < -0.3 is 4.57 Å². The zero-order valence-corrected chi connectivity index (χ0v) is 14.1. The molecule has 2 N–H and O–H groups in total. The van der Waals surface area contributed by atoms with Crippen molar-refractivity contribution in [2.45, 2.75) is 6.92 Å². The molecule has 3 aromatic heterocycles. The van der Waals surface area contributed by atoms with Gasteiger partial charge in [0.25, 0.3) is 5.56 Å². The lowest BCUT2D eigenvalue weighted by Crippen LogP contribution is -2.22. The number of nitrogens with one attached hydrogen (secondary N) is 2. The Morgan fingerprint density at radius 2 is 2.17 bits per heavy atom. The number of fused-ring (bicyclic) bond motifs is 1. The van der Waals surface area contributed by atoms with Gasteiger partial charge in [-0.3, -0.25) is 15.0 Å². The monoisotopic (exact) mass is 337 g/mol. The van der Waals surface area contributed by atoms with Crippen molar-refractivity contribution >= 4 is 35.1 Å². The molecule has 0 radical (unpaired) electrons. The van der Waals surface area contributed by atoms with Crippen LogP contribution in [0.15, 0.2) is 29.2 Å². The van der Waals surface area contributed by atoms with E-state index in [1.165, 1.54) is 17.1 Å². The number of hydrogen-bond donors (Lipinski definition) is 2. The molecule has 120 valence electrons. The van der Waals surface area contributed by atoms with Gasteiger partial charge in [-0.1, -0.05) is 23.2 Å². The largest absolute Gasteiger partial charge is 0.350 e. The Morgan fingerprint density at radius 3 is 2.92 bits per heavy atom. The number of aromatic amines is 2. The van der Waals surface area contributed by atoms with E-state index in [9.17, 15) is 4.79 Å². The molecule has 0 saturated carbocycles. The summed E-state index contributed by atoms with van der Waals surface area (Å²) in [5.41, 5.74) is 3.13. The van der Waals surface area contributed by atoms with Gasteiger partial charge in [-0.15, -0.1) is 5.10 Å². The van der Waals surface area contributed by atoms with E-state index in [0.717, 1.165) is 21.0 Å². The first kappa shape index (κ1) is 14.6. The van der Waals surface area contributed by atoms with Gasteiger partial charge in [0.1, 0.15) is 9.88 Å². The van der Waals surface area contributed by atoms with Gasteiger partial charge in [0, 0.05) is 29.7 Å². The predicted octanol–water partition coefficient (Wildman–Crippen LogP) is 0.881. The average Bonchev–Trinajstić information content (AvgIpc) is 3.21. The average molecular weight is 337 g/mol. The highest BCUT2D eigenvalue weighted by molar-refractivity contribution is 7.03. The van der Waals surface area contributed by atoms with Crippen molar-refractivity contribution in [3.8, 4) is 0 Å². The van der Waals surface area contributed by atoms with Crippen LogP contribution in [0.25, 0.3) is 23.6 Å². The molecule has 0 bridgehead atoms. The summed E-state index contributed by atoms with van der Waals surface area (Å²) in [6.07, 6.45) is 3.93. The van der Waals surface area contributed by atoms with E-state index in [1.54, 1.807) is 0 Å². The van der Waals surface area contributed by atoms with Crippen LogP contribution in [0, 0.1) is 16.8 Å². The lowest BCUT2D eigenvalue weighted by Gasteiger charge is -1.98.